The molecule has 0 unspecified atom stereocenters. The van der Waals surface area contributed by atoms with E-state index in [-0.39, 0.29) is 23.0 Å². The molecule has 0 spiro atoms. The number of rotatable bonds is 0. The molecular weight excluding hydrogens is 238 g/mol. The maximum atomic E-state index is 13.9. The molecule has 0 aliphatic carbocycles. The van der Waals surface area contributed by atoms with Crippen LogP contribution in [0.25, 0.3) is 0 Å². The number of halogens is 2. The van der Waals surface area contributed by atoms with Crippen LogP contribution in [0, 0.1) is 22.5 Å². The monoisotopic (exact) mass is 252 g/mol. The second-order valence-corrected chi connectivity index (χ2v) is 4.80. The lowest BCUT2D eigenvalue weighted by Gasteiger charge is -2.41. The van der Waals surface area contributed by atoms with Gasteiger partial charge in [-0.3, -0.25) is 15.7 Å². The van der Waals surface area contributed by atoms with Crippen LogP contribution in [0.4, 0.5) is 20.2 Å². The maximum Gasteiger partial charge on any atom is 0.152 e. The lowest BCUT2D eigenvalue weighted by atomic mass is 9.97. The zero-order valence-electron chi connectivity index (χ0n) is 10.4. The van der Waals surface area contributed by atoms with Crippen molar-refractivity contribution in [1.29, 1.82) is 10.8 Å². The van der Waals surface area contributed by atoms with Crippen molar-refractivity contribution in [3.63, 3.8) is 0 Å². The molecule has 2 rings (SSSR count). The molecule has 0 atom stereocenters. The topological polar surface area (TPSA) is 63.0 Å². The highest BCUT2D eigenvalue weighted by atomic mass is 19.1. The van der Waals surface area contributed by atoms with Crippen LogP contribution < -0.4 is 10.2 Å². The molecule has 0 bridgehead atoms. The average molecular weight is 252 g/mol. The number of hydrogen-bond donors (Lipinski definition) is 3. The molecule has 1 aliphatic heterocycles. The second-order valence-electron chi connectivity index (χ2n) is 4.80. The third-order valence-corrected chi connectivity index (χ3v) is 2.85. The molecule has 1 aliphatic rings. The molecule has 18 heavy (non-hydrogen) atoms. The summed E-state index contributed by atoms with van der Waals surface area (Å²) in [5, 5.41) is 18.6. The van der Waals surface area contributed by atoms with Crippen LogP contribution >= 0.6 is 0 Å². The van der Waals surface area contributed by atoms with Gasteiger partial charge in [-0.25, -0.2) is 8.78 Å². The molecule has 0 saturated carbocycles. The predicted molar refractivity (Wildman–Crippen MR) is 67.7 cm³/mol. The molecule has 96 valence electrons. The first kappa shape index (κ1) is 12.5. The van der Waals surface area contributed by atoms with E-state index in [0.717, 1.165) is 6.07 Å². The van der Waals surface area contributed by atoms with Crippen molar-refractivity contribution in [2.24, 2.45) is 0 Å². The molecule has 1 aromatic carbocycles. The van der Waals surface area contributed by atoms with Crippen molar-refractivity contribution in [2.45, 2.75) is 26.3 Å². The third-order valence-electron chi connectivity index (χ3n) is 2.85. The van der Waals surface area contributed by atoms with Crippen molar-refractivity contribution in [3.05, 3.63) is 23.8 Å². The Morgan fingerprint density at radius 1 is 1.33 bits per heavy atom. The van der Waals surface area contributed by atoms with Gasteiger partial charge in [-0.1, -0.05) is 0 Å². The van der Waals surface area contributed by atoms with Crippen molar-refractivity contribution < 1.29 is 8.78 Å². The summed E-state index contributed by atoms with van der Waals surface area (Å²) < 4.78 is 27.1. The molecule has 0 radical (unpaired) electrons. The van der Waals surface area contributed by atoms with Gasteiger partial charge in [0.2, 0.25) is 0 Å². The summed E-state index contributed by atoms with van der Waals surface area (Å²) in [6.45, 7) is 4.90. The van der Waals surface area contributed by atoms with Gasteiger partial charge in [0.25, 0.3) is 0 Å². The maximum absolute atomic E-state index is 13.9. The Balaban J connectivity index is 2.71. The van der Waals surface area contributed by atoms with E-state index >= 15 is 0 Å². The minimum absolute atomic E-state index is 0.0151. The van der Waals surface area contributed by atoms with Crippen LogP contribution in [0.2, 0.25) is 0 Å². The highest BCUT2D eigenvalue weighted by molar-refractivity contribution is 6.23. The average Bonchev–Trinajstić information content (AvgIpc) is 2.19. The Morgan fingerprint density at radius 3 is 2.50 bits per heavy atom. The lowest BCUT2D eigenvalue weighted by molar-refractivity contribution is 0.581. The molecule has 0 saturated heterocycles. The molecule has 1 aromatic rings. The number of benzene rings is 1. The van der Waals surface area contributed by atoms with Gasteiger partial charge in [0, 0.05) is 6.07 Å². The summed E-state index contributed by atoms with van der Waals surface area (Å²) in [6.07, 6.45) is 0. The van der Waals surface area contributed by atoms with E-state index in [1.54, 1.807) is 13.8 Å². The van der Waals surface area contributed by atoms with Gasteiger partial charge in [0.15, 0.2) is 5.82 Å². The first-order valence-electron chi connectivity index (χ1n) is 5.45. The first-order chi connectivity index (χ1) is 8.24. The fourth-order valence-corrected chi connectivity index (χ4v) is 2.01. The molecular formula is C12H14F2N4. The minimum atomic E-state index is -0.796. The van der Waals surface area contributed by atoms with E-state index in [9.17, 15) is 8.78 Å². The molecule has 0 fully saturated rings. The van der Waals surface area contributed by atoms with Crippen LogP contribution in [-0.4, -0.2) is 17.2 Å². The van der Waals surface area contributed by atoms with Crippen LogP contribution in [0.5, 0.6) is 0 Å². The summed E-state index contributed by atoms with van der Waals surface area (Å²) in [5.41, 5.74) is -0.524. The van der Waals surface area contributed by atoms with E-state index in [0.29, 0.717) is 0 Å². The SMILES string of the molecule is CC(=N)N1C(=N)C(C)(C)Nc2cc(F)cc(F)c21. The summed E-state index contributed by atoms with van der Waals surface area (Å²) in [7, 11) is 0. The van der Waals surface area contributed by atoms with Crippen molar-refractivity contribution in [3.8, 4) is 0 Å². The zero-order chi connectivity index (χ0) is 13.7. The quantitative estimate of drug-likeness (QED) is 0.491. The largest absolute Gasteiger partial charge is 0.371 e. The molecule has 3 N–H and O–H groups in total. The van der Waals surface area contributed by atoms with Crippen LogP contribution in [0.15, 0.2) is 12.1 Å². The highest BCUT2D eigenvalue weighted by Crippen LogP contribution is 2.38. The molecule has 0 amide bonds. The van der Waals surface area contributed by atoms with Gasteiger partial charge < -0.3 is 5.32 Å². The van der Waals surface area contributed by atoms with E-state index in [4.69, 9.17) is 10.8 Å². The van der Waals surface area contributed by atoms with E-state index in [1.807, 2.05) is 0 Å². The smallest absolute Gasteiger partial charge is 0.152 e. The number of nitrogens with zero attached hydrogens (tertiary/aromatic N) is 1. The van der Waals surface area contributed by atoms with Crippen LogP contribution in [-0.2, 0) is 0 Å². The Bertz CT molecular complexity index is 551. The second kappa shape index (κ2) is 3.76. The Labute approximate surface area is 104 Å². The first-order valence-corrected chi connectivity index (χ1v) is 5.45. The van der Waals surface area contributed by atoms with Crippen LogP contribution in [0.3, 0.4) is 0 Å². The summed E-state index contributed by atoms with van der Waals surface area (Å²) in [6, 6.07) is 1.92. The van der Waals surface area contributed by atoms with E-state index in [1.165, 1.54) is 17.9 Å². The molecule has 0 aromatic heterocycles. The van der Waals surface area contributed by atoms with Gasteiger partial charge in [-0.05, 0) is 26.8 Å². The fraction of sp³-hybridized carbons (Fsp3) is 0.333. The van der Waals surface area contributed by atoms with E-state index < -0.39 is 17.2 Å². The Kier molecular flexibility index (Phi) is 2.61. The number of nitrogens with one attached hydrogen (secondary N) is 3. The molecule has 4 nitrogen and oxygen atoms in total. The van der Waals surface area contributed by atoms with Gasteiger partial charge in [0.1, 0.15) is 23.2 Å². The highest BCUT2D eigenvalue weighted by Gasteiger charge is 2.38. The minimum Gasteiger partial charge on any atom is -0.371 e. The Morgan fingerprint density at radius 2 is 1.94 bits per heavy atom. The number of anilines is 2. The van der Waals surface area contributed by atoms with E-state index in [2.05, 4.69) is 5.32 Å². The van der Waals surface area contributed by atoms with Gasteiger partial charge in [0.05, 0.1) is 11.2 Å². The number of hydrogen-bond acceptors (Lipinski definition) is 3. The van der Waals surface area contributed by atoms with Crippen molar-refractivity contribution in [1.82, 2.24) is 0 Å². The van der Waals surface area contributed by atoms with Gasteiger partial charge in [-0.2, -0.15) is 0 Å². The Hall–Kier alpha value is -1.98. The lowest BCUT2D eigenvalue weighted by Crippen LogP contribution is -2.55. The predicted octanol–water partition coefficient (Wildman–Crippen LogP) is 2.95. The van der Waals surface area contributed by atoms with Crippen LogP contribution in [0.1, 0.15) is 20.8 Å². The van der Waals surface area contributed by atoms with Gasteiger partial charge in [-0.15, -0.1) is 0 Å². The normalized spacial score (nSPS) is 17.2. The fourth-order valence-electron chi connectivity index (χ4n) is 2.01. The standard InChI is InChI=1S/C12H14F2N4/c1-6(15)18-10-8(14)4-7(13)5-9(10)17-12(2,3)11(18)16/h4-5,15-17H,1-3H3. The summed E-state index contributed by atoms with van der Waals surface area (Å²) >= 11 is 0. The van der Waals surface area contributed by atoms with Crippen molar-refractivity contribution >= 4 is 23.0 Å². The van der Waals surface area contributed by atoms with Crippen molar-refractivity contribution in [2.75, 3.05) is 10.2 Å². The van der Waals surface area contributed by atoms with Gasteiger partial charge >= 0.3 is 0 Å². The summed E-state index contributed by atoms with van der Waals surface area (Å²) in [5.74, 6) is -1.41. The zero-order valence-corrected chi connectivity index (χ0v) is 10.4. The number of amidine groups is 2. The summed E-state index contributed by atoms with van der Waals surface area (Å²) in [4.78, 5) is 1.18. The number of fused-ring (bicyclic) bond motifs is 1. The molecule has 1 heterocycles. The molecule has 6 heteroatoms. The third kappa shape index (κ3) is 1.73.